The van der Waals surface area contributed by atoms with Crippen LogP contribution in [0.15, 0.2) is 36.9 Å². The molecule has 0 aliphatic rings. The number of esters is 2. The van der Waals surface area contributed by atoms with Crippen LogP contribution in [0.4, 0.5) is 25.2 Å². The van der Waals surface area contributed by atoms with Crippen LogP contribution in [0.3, 0.4) is 0 Å². The first-order valence-electron chi connectivity index (χ1n) is 9.01. The van der Waals surface area contributed by atoms with Crippen LogP contribution in [0.1, 0.15) is 33.6 Å². The first-order chi connectivity index (χ1) is 14.5. The third-order valence-corrected chi connectivity index (χ3v) is 3.70. The number of hydrogen-bond acceptors (Lipinski definition) is 5. The molecule has 0 saturated heterocycles. The molecule has 0 spiro atoms. The van der Waals surface area contributed by atoms with Gasteiger partial charge in [-0.05, 0) is 31.0 Å². The molecule has 32 heavy (non-hydrogen) atoms. The van der Waals surface area contributed by atoms with Crippen molar-refractivity contribution in [3.63, 3.8) is 0 Å². The minimum atomic E-state index is -10.7. The predicted molar refractivity (Wildman–Crippen MR) is 103 cm³/mol. The van der Waals surface area contributed by atoms with Gasteiger partial charge in [-0.15, -0.1) is 0 Å². The van der Waals surface area contributed by atoms with Gasteiger partial charge in [0.05, 0.1) is 45.5 Å². The van der Waals surface area contributed by atoms with Crippen LogP contribution in [0.25, 0.3) is 0 Å². The molecular weight excluding hydrogens is 469 g/mol. The van der Waals surface area contributed by atoms with Gasteiger partial charge >= 0.3 is 44.9 Å². The average Bonchev–Trinajstić information content (AvgIpc) is 3.09. The second kappa shape index (κ2) is 9.76. The zero-order chi connectivity index (χ0) is 24.6. The normalized spacial score (nSPS) is 13.2. The Morgan fingerprint density at radius 3 is 2.03 bits per heavy atom. The molecule has 2 aromatic rings. The number of halogens is 6. The summed E-state index contributed by atoms with van der Waals surface area (Å²) in [5.74, 6) is -0.682. The van der Waals surface area contributed by atoms with E-state index in [1.807, 2.05) is 30.3 Å². The van der Waals surface area contributed by atoms with Gasteiger partial charge in [-0.2, -0.15) is 0 Å². The van der Waals surface area contributed by atoms with Crippen LogP contribution in [-0.2, 0) is 23.1 Å². The van der Waals surface area contributed by atoms with Crippen LogP contribution in [-0.4, -0.2) is 37.3 Å². The summed E-state index contributed by atoms with van der Waals surface area (Å²) < 4.78 is 78.4. The number of unbranched alkanes of at least 4 members (excludes halogenated alkanes) is 1. The van der Waals surface area contributed by atoms with Crippen molar-refractivity contribution in [3.05, 3.63) is 48.0 Å². The molecule has 1 aromatic heterocycles. The van der Waals surface area contributed by atoms with Crippen molar-refractivity contribution >= 4 is 19.7 Å². The van der Waals surface area contributed by atoms with Gasteiger partial charge in [0.15, 0.2) is 0 Å². The molecule has 0 saturated carbocycles. The number of benzene rings is 1. The molecule has 2 rings (SSSR count). The number of nitrogens with zero attached hydrogens (tertiary/aromatic N) is 2. The SMILES string of the molecule is COC(=O)c1ccc(OCCCCn2cc[n+](C)c2)cc1C(=O)OC.F[P-](F)(F)(F)(F)F. The van der Waals surface area contributed by atoms with E-state index in [0.717, 1.165) is 19.4 Å². The Hall–Kier alpha value is -2.82. The Balaban J connectivity index is 0.000000633. The Kier molecular flexibility index (Phi) is 8.30. The van der Waals surface area contributed by atoms with Crippen molar-refractivity contribution in [2.75, 3.05) is 20.8 Å². The fraction of sp³-hybridized carbons (Fsp3) is 0.389. The van der Waals surface area contributed by atoms with E-state index in [9.17, 15) is 34.8 Å². The minimum absolute atomic E-state index is 0.131. The van der Waals surface area contributed by atoms with Crippen molar-refractivity contribution in [1.82, 2.24) is 4.57 Å². The van der Waals surface area contributed by atoms with Gasteiger partial charge in [0.1, 0.15) is 18.1 Å². The fourth-order valence-corrected chi connectivity index (χ4v) is 2.40. The molecule has 7 nitrogen and oxygen atoms in total. The molecule has 0 N–H and O–H groups in total. The summed E-state index contributed by atoms with van der Waals surface area (Å²) in [6.45, 7) is 1.43. The summed E-state index contributed by atoms with van der Waals surface area (Å²) in [6.07, 6.45) is 7.88. The topological polar surface area (TPSA) is 70.6 Å². The Morgan fingerprint density at radius 2 is 1.53 bits per heavy atom. The monoisotopic (exact) mass is 492 g/mol. The predicted octanol–water partition coefficient (Wildman–Crippen LogP) is 5.13. The molecule has 0 radical (unpaired) electrons. The molecule has 0 aliphatic heterocycles. The Labute approximate surface area is 179 Å². The van der Waals surface area contributed by atoms with E-state index in [1.54, 1.807) is 6.07 Å². The Morgan fingerprint density at radius 1 is 0.969 bits per heavy atom. The van der Waals surface area contributed by atoms with Gasteiger partial charge in [-0.25, -0.2) is 18.7 Å². The van der Waals surface area contributed by atoms with E-state index < -0.39 is 19.7 Å². The maximum absolute atomic E-state index is 11.9. The van der Waals surface area contributed by atoms with Gasteiger partial charge in [-0.3, -0.25) is 0 Å². The molecule has 14 heteroatoms. The van der Waals surface area contributed by atoms with E-state index in [0.29, 0.717) is 12.4 Å². The van der Waals surface area contributed by atoms with Crippen molar-refractivity contribution in [2.24, 2.45) is 7.05 Å². The quantitative estimate of drug-likeness (QED) is 0.168. The summed E-state index contributed by atoms with van der Waals surface area (Å²) in [5.41, 5.74) is 0.286. The van der Waals surface area contributed by atoms with Gasteiger partial charge in [0, 0.05) is 0 Å². The van der Waals surface area contributed by atoms with Gasteiger partial charge in [0.25, 0.3) is 0 Å². The third-order valence-electron chi connectivity index (χ3n) is 3.70. The first kappa shape index (κ1) is 27.2. The zero-order valence-corrected chi connectivity index (χ0v) is 18.3. The molecule has 0 aliphatic carbocycles. The molecule has 182 valence electrons. The standard InChI is InChI=1S/C18H23N2O5.F6P/c1-19-9-10-20(13-19)8-4-5-11-25-14-6-7-15(17(21)23-2)16(12-14)18(22)24-3;1-7(2,3,4,5)6/h6-7,9-10,12-13H,4-5,8,11H2,1-3H3;/q+1;-1. The summed E-state index contributed by atoms with van der Waals surface area (Å²) in [6, 6.07) is 4.65. The molecule has 0 amide bonds. The summed E-state index contributed by atoms with van der Waals surface area (Å²) in [4.78, 5) is 23.6. The average molecular weight is 492 g/mol. The Bertz CT molecular complexity index is 936. The van der Waals surface area contributed by atoms with Crippen molar-refractivity contribution in [3.8, 4) is 5.75 Å². The molecule has 0 fully saturated rings. The molecule has 0 bridgehead atoms. The first-order valence-corrected chi connectivity index (χ1v) is 11.0. The molecule has 1 heterocycles. The number of aromatic nitrogens is 2. The molecule has 0 atom stereocenters. The summed E-state index contributed by atoms with van der Waals surface area (Å²) >= 11 is 0. The number of rotatable bonds is 8. The second-order valence-electron chi connectivity index (χ2n) is 6.52. The van der Waals surface area contributed by atoms with Crippen LogP contribution < -0.4 is 9.30 Å². The van der Waals surface area contributed by atoms with Crippen LogP contribution in [0.5, 0.6) is 5.75 Å². The van der Waals surface area contributed by atoms with Gasteiger partial charge < -0.3 is 14.2 Å². The number of aryl methyl sites for hydroxylation is 2. The number of carbonyl (C=O) groups is 2. The van der Waals surface area contributed by atoms with Crippen LogP contribution in [0.2, 0.25) is 0 Å². The summed E-state index contributed by atoms with van der Waals surface area (Å²) in [7, 11) is -6.15. The second-order valence-corrected chi connectivity index (χ2v) is 8.44. The van der Waals surface area contributed by atoms with E-state index in [4.69, 9.17) is 9.47 Å². The number of methoxy groups -OCH3 is 2. The van der Waals surface area contributed by atoms with E-state index in [1.165, 1.54) is 26.4 Å². The molecule has 1 aromatic carbocycles. The van der Waals surface area contributed by atoms with E-state index >= 15 is 0 Å². The fourth-order valence-electron chi connectivity index (χ4n) is 2.40. The summed E-state index contributed by atoms with van der Waals surface area (Å²) in [5, 5.41) is 0. The number of hydrogen-bond donors (Lipinski definition) is 0. The zero-order valence-electron chi connectivity index (χ0n) is 17.4. The van der Waals surface area contributed by atoms with E-state index in [-0.39, 0.29) is 11.1 Å². The van der Waals surface area contributed by atoms with Crippen molar-refractivity contribution < 1.29 is 53.5 Å². The van der Waals surface area contributed by atoms with Gasteiger partial charge in [0.2, 0.25) is 6.33 Å². The molecule has 0 unspecified atom stereocenters. The van der Waals surface area contributed by atoms with Crippen molar-refractivity contribution in [2.45, 2.75) is 19.4 Å². The third kappa shape index (κ3) is 12.1. The van der Waals surface area contributed by atoms with Crippen LogP contribution in [0, 0.1) is 0 Å². The van der Waals surface area contributed by atoms with Crippen molar-refractivity contribution in [1.29, 1.82) is 0 Å². The molecular formula is C18H23F6N2O5P. The number of carbonyl (C=O) groups excluding carboxylic acids is 2. The van der Waals surface area contributed by atoms with Crippen LogP contribution >= 0.6 is 7.81 Å². The number of ether oxygens (including phenoxy) is 3. The van der Waals surface area contributed by atoms with Gasteiger partial charge in [-0.1, -0.05) is 0 Å². The van der Waals surface area contributed by atoms with E-state index in [2.05, 4.69) is 9.30 Å². The number of imidazole rings is 1. The maximum atomic E-state index is 11.9.